The number of carbonyl (C=O) groups excluding carboxylic acids is 2. The first-order chi connectivity index (χ1) is 15.2. The van der Waals surface area contributed by atoms with Gasteiger partial charge in [0, 0.05) is 29.3 Å². The van der Waals surface area contributed by atoms with Crippen LogP contribution < -0.4 is 19.5 Å². The standard InChI is InChI=1S/C25H27NO6/c1-14(27)22-19(26-17-6-8-18(30-4)9-7-17)12-25(3,29)24(15(2)28)23(22)16-5-10-20-21(11-16)32-13-31-20/h5-11,23-24,26,29H,12-13H2,1-4H3/t23-,24-,25-/m0/s1. The summed E-state index contributed by atoms with van der Waals surface area (Å²) < 4.78 is 16.1. The number of aliphatic hydroxyl groups is 1. The van der Waals surface area contributed by atoms with Gasteiger partial charge in [-0.15, -0.1) is 0 Å². The van der Waals surface area contributed by atoms with Gasteiger partial charge < -0.3 is 24.6 Å². The minimum absolute atomic E-state index is 0.122. The molecule has 1 aliphatic heterocycles. The van der Waals surface area contributed by atoms with E-state index < -0.39 is 17.4 Å². The molecule has 0 amide bonds. The molecule has 1 aliphatic carbocycles. The van der Waals surface area contributed by atoms with Crippen LogP contribution in [0.1, 0.15) is 38.7 Å². The fourth-order valence-corrected chi connectivity index (χ4v) is 4.81. The number of carbonyl (C=O) groups is 2. The molecule has 2 aromatic carbocycles. The van der Waals surface area contributed by atoms with Crippen LogP contribution in [0.4, 0.5) is 5.69 Å². The average molecular weight is 437 g/mol. The van der Waals surface area contributed by atoms with Gasteiger partial charge in [-0.1, -0.05) is 6.07 Å². The quantitative estimate of drug-likeness (QED) is 0.709. The van der Waals surface area contributed by atoms with E-state index in [9.17, 15) is 14.7 Å². The number of rotatable bonds is 6. The molecule has 7 heteroatoms. The summed E-state index contributed by atoms with van der Waals surface area (Å²) in [6, 6.07) is 12.7. The fraction of sp³-hybridized carbons (Fsp3) is 0.360. The second-order valence-corrected chi connectivity index (χ2v) is 8.51. The third-order valence-electron chi connectivity index (χ3n) is 6.13. The second-order valence-electron chi connectivity index (χ2n) is 8.51. The lowest BCUT2D eigenvalue weighted by Crippen LogP contribution is -2.48. The summed E-state index contributed by atoms with van der Waals surface area (Å²) >= 11 is 0. The van der Waals surface area contributed by atoms with Crippen LogP contribution in [0.3, 0.4) is 0 Å². The Morgan fingerprint density at radius 3 is 2.41 bits per heavy atom. The third-order valence-corrected chi connectivity index (χ3v) is 6.13. The normalized spacial score (nSPS) is 24.3. The van der Waals surface area contributed by atoms with Gasteiger partial charge in [0.25, 0.3) is 0 Å². The number of fused-ring (bicyclic) bond motifs is 1. The highest BCUT2D eigenvalue weighted by molar-refractivity contribution is 5.98. The first-order valence-electron chi connectivity index (χ1n) is 10.5. The van der Waals surface area contributed by atoms with Gasteiger partial charge in [-0.2, -0.15) is 0 Å². The molecule has 4 rings (SSSR count). The Morgan fingerprint density at radius 2 is 1.78 bits per heavy atom. The molecule has 3 atom stereocenters. The summed E-state index contributed by atoms with van der Waals surface area (Å²) in [6.45, 7) is 4.71. The van der Waals surface area contributed by atoms with Crippen molar-refractivity contribution in [2.45, 2.75) is 38.7 Å². The largest absolute Gasteiger partial charge is 0.497 e. The Bertz CT molecular complexity index is 1090. The predicted molar refractivity (Wildman–Crippen MR) is 119 cm³/mol. The average Bonchev–Trinajstić information content (AvgIpc) is 3.20. The van der Waals surface area contributed by atoms with Gasteiger partial charge >= 0.3 is 0 Å². The third kappa shape index (κ3) is 3.96. The molecule has 2 aliphatic rings. The lowest BCUT2D eigenvalue weighted by molar-refractivity contribution is -0.131. The summed E-state index contributed by atoms with van der Waals surface area (Å²) in [7, 11) is 1.59. The minimum Gasteiger partial charge on any atom is -0.497 e. The van der Waals surface area contributed by atoms with Gasteiger partial charge in [0.1, 0.15) is 11.5 Å². The van der Waals surface area contributed by atoms with Crippen LogP contribution in [0.2, 0.25) is 0 Å². The molecule has 0 radical (unpaired) electrons. The number of anilines is 1. The number of Topliss-reactive ketones (excluding diaryl/α,β-unsaturated/α-hetero) is 2. The van der Waals surface area contributed by atoms with Gasteiger partial charge in [-0.3, -0.25) is 9.59 Å². The number of benzene rings is 2. The first-order valence-corrected chi connectivity index (χ1v) is 10.5. The van der Waals surface area contributed by atoms with Crippen molar-refractivity contribution in [3.63, 3.8) is 0 Å². The number of ketones is 2. The van der Waals surface area contributed by atoms with E-state index in [2.05, 4.69) is 5.32 Å². The molecule has 32 heavy (non-hydrogen) atoms. The van der Waals surface area contributed by atoms with Crippen LogP contribution >= 0.6 is 0 Å². The molecule has 2 aromatic rings. The Kier molecular flexibility index (Phi) is 5.69. The van der Waals surface area contributed by atoms with E-state index in [1.807, 2.05) is 30.3 Å². The van der Waals surface area contributed by atoms with Crippen molar-refractivity contribution in [2.75, 3.05) is 19.2 Å². The zero-order chi connectivity index (χ0) is 23.0. The monoisotopic (exact) mass is 437 g/mol. The Morgan fingerprint density at radius 1 is 1.09 bits per heavy atom. The highest BCUT2D eigenvalue weighted by Gasteiger charge is 2.49. The van der Waals surface area contributed by atoms with Crippen molar-refractivity contribution in [3.05, 3.63) is 59.3 Å². The molecule has 168 valence electrons. The first kappa shape index (κ1) is 21.9. The molecule has 0 saturated heterocycles. The fourth-order valence-electron chi connectivity index (χ4n) is 4.81. The van der Waals surface area contributed by atoms with Crippen LogP contribution in [0.15, 0.2) is 53.7 Å². The van der Waals surface area contributed by atoms with Gasteiger partial charge in [-0.05, 0) is 62.7 Å². The van der Waals surface area contributed by atoms with Crippen LogP contribution in [-0.2, 0) is 9.59 Å². The van der Waals surface area contributed by atoms with Crippen molar-refractivity contribution < 1.29 is 28.9 Å². The highest BCUT2D eigenvalue weighted by Crippen LogP contribution is 2.49. The van der Waals surface area contributed by atoms with E-state index in [0.29, 0.717) is 34.1 Å². The molecular formula is C25H27NO6. The van der Waals surface area contributed by atoms with Gasteiger partial charge in [0.05, 0.1) is 18.6 Å². The molecule has 0 aromatic heterocycles. The number of hydrogen-bond acceptors (Lipinski definition) is 7. The van der Waals surface area contributed by atoms with Gasteiger partial charge in [-0.25, -0.2) is 0 Å². The van der Waals surface area contributed by atoms with Crippen LogP contribution in [0.5, 0.6) is 17.2 Å². The van der Waals surface area contributed by atoms with E-state index in [1.54, 1.807) is 26.2 Å². The summed E-state index contributed by atoms with van der Waals surface area (Å²) in [5.74, 6) is 0.114. The van der Waals surface area contributed by atoms with Crippen molar-refractivity contribution in [1.29, 1.82) is 0 Å². The summed E-state index contributed by atoms with van der Waals surface area (Å²) in [4.78, 5) is 25.7. The Labute approximate surface area is 187 Å². The molecule has 0 fully saturated rings. The van der Waals surface area contributed by atoms with Crippen molar-refractivity contribution in [1.82, 2.24) is 0 Å². The molecule has 7 nitrogen and oxygen atoms in total. The van der Waals surface area contributed by atoms with Gasteiger partial charge in [0.2, 0.25) is 6.79 Å². The van der Waals surface area contributed by atoms with E-state index in [4.69, 9.17) is 14.2 Å². The minimum atomic E-state index is -1.36. The Hall–Kier alpha value is -3.32. The molecule has 2 N–H and O–H groups in total. The second kappa shape index (κ2) is 8.31. The van der Waals surface area contributed by atoms with Gasteiger partial charge in [0.15, 0.2) is 17.3 Å². The zero-order valence-corrected chi connectivity index (χ0v) is 18.6. The molecule has 0 spiro atoms. The van der Waals surface area contributed by atoms with Crippen LogP contribution in [0.25, 0.3) is 0 Å². The lowest BCUT2D eigenvalue weighted by atomic mass is 9.64. The summed E-state index contributed by atoms with van der Waals surface area (Å²) in [5, 5.41) is 14.7. The number of nitrogens with one attached hydrogen (secondary N) is 1. The Balaban J connectivity index is 1.85. The summed E-state index contributed by atoms with van der Waals surface area (Å²) in [5.41, 5.74) is 1.18. The van der Waals surface area contributed by atoms with E-state index in [1.165, 1.54) is 13.8 Å². The van der Waals surface area contributed by atoms with Crippen molar-refractivity contribution in [3.8, 4) is 17.2 Å². The van der Waals surface area contributed by atoms with Crippen LogP contribution in [-0.4, -0.2) is 36.2 Å². The van der Waals surface area contributed by atoms with E-state index in [0.717, 1.165) is 5.69 Å². The van der Waals surface area contributed by atoms with Crippen LogP contribution in [0, 0.1) is 5.92 Å². The zero-order valence-electron chi connectivity index (χ0n) is 18.6. The van der Waals surface area contributed by atoms with E-state index in [-0.39, 0.29) is 24.8 Å². The van der Waals surface area contributed by atoms with Crippen molar-refractivity contribution in [2.24, 2.45) is 5.92 Å². The SMILES string of the molecule is COc1ccc(NC2=C(C(C)=O)[C@H](c3ccc4c(c3)OCO4)[C@H](C(C)=O)[C@@](C)(O)C2)cc1. The predicted octanol–water partition coefficient (Wildman–Crippen LogP) is 3.82. The molecule has 0 bridgehead atoms. The van der Waals surface area contributed by atoms with Crippen molar-refractivity contribution >= 4 is 17.3 Å². The number of methoxy groups -OCH3 is 1. The molecular weight excluding hydrogens is 410 g/mol. The molecule has 0 saturated carbocycles. The topological polar surface area (TPSA) is 94.1 Å². The summed E-state index contributed by atoms with van der Waals surface area (Å²) in [6.07, 6.45) is 0.138. The maximum Gasteiger partial charge on any atom is 0.231 e. The number of allylic oxidation sites excluding steroid dienone is 1. The molecule has 0 unspecified atom stereocenters. The lowest BCUT2D eigenvalue weighted by Gasteiger charge is -2.43. The smallest absolute Gasteiger partial charge is 0.231 e. The number of ether oxygens (including phenoxy) is 3. The maximum atomic E-state index is 12.9. The molecule has 1 heterocycles. The van der Waals surface area contributed by atoms with E-state index >= 15 is 0 Å². The maximum absolute atomic E-state index is 12.9. The number of hydrogen-bond donors (Lipinski definition) is 2. The highest BCUT2D eigenvalue weighted by atomic mass is 16.7.